The molecule has 1 unspecified atom stereocenters. The topological polar surface area (TPSA) is 20.2 Å². The van der Waals surface area contributed by atoms with E-state index in [4.69, 9.17) is 0 Å². The van der Waals surface area contributed by atoms with Crippen molar-refractivity contribution in [3.63, 3.8) is 0 Å². The molecule has 1 nitrogen and oxygen atoms in total. The van der Waals surface area contributed by atoms with E-state index in [-0.39, 0.29) is 0 Å². The number of halogens is 3. The number of hydrogen-bond acceptors (Lipinski definition) is 1. The maximum atomic E-state index is 13.4. The van der Waals surface area contributed by atoms with Crippen LogP contribution in [-0.4, -0.2) is 16.0 Å². The molecule has 1 atom stereocenters. The maximum absolute atomic E-state index is 13.4. The van der Waals surface area contributed by atoms with E-state index in [0.717, 1.165) is 0 Å². The third-order valence-corrected chi connectivity index (χ3v) is 3.44. The van der Waals surface area contributed by atoms with Gasteiger partial charge in [0.1, 0.15) is 6.10 Å². The highest BCUT2D eigenvalue weighted by Gasteiger charge is 2.41. The highest BCUT2D eigenvalue weighted by Crippen LogP contribution is 2.38. The van der Waals surface area contributed by atoms with E-state index in [1.165, 1.54) is 0 Å². The molecule has 0 saturated heterocycles. The second kappa shape index (κ2) is 5.80. The first-order valence-electron chi connectivity index (χ1n) is 5.85. The summed E-state index contributed by atoms with van der Waals surface area (Å²) in [6.07, 6.45) is -1.84. The predicted molar refractivity (Wildman–Crippen MR) is 74.6 cm³/mol. The van der Waals surface area contributed by atoms with Gasteiger partial charge in [-0.3, -0.25) is 0 Å². The van der Waals surface area contributed by atoms with Crippen molar-refractivity contribution >= 4 is 15.9 Å². The highest BCUT2D eigenvalue weighted by atomic mass is 79.9. The van der Waals surface area contributed by atoms with E-state index in [1.54, 1.807) is 48.5 Å². The smallest absolute Gasteiger partial charge is 0.327 e. The van der Waals surface area contributed by atoms with Gasteiger partial charge in [0.15, 0.2) is 0 Å². The molecule has 0 aliphatic heterocycles. The molecular weight excluding hydrogens is 314 g/mol. The first kappa shape index (κ1) is 14.2. The largest absolute Gasteiger partial charge is 0.385 e. The van der Waals surface area contributed by atoms with Crippen molar-refractivity contribution in [2.45, 2.75) is 16.9 Å². The SMILES string of the molecule is OC(C(c1ccccc1)c1ccccc1)C(F)(F)Br. The third kappa shape index (κ3) is 3.39. The summed E-state index contributed by atoms with van der Waals surface area (Å²) in [4.78, 5) is -3.34. The molecule has 0 bridgehead atoms. The molecule has 19 heavy (non-hydrogen) atoms. The van der Waals surface area contributed by atoms with Gasteiger partial charge in [0, 0.05) is 5.92 Å². The minimum Gasteiger partial charge on any atom is -0.385 e. The van der Waals surface area contributed by atoms with E-state index >= 15 is 0 Å². The summed E-state index contributed by atoms with van der Waals surface area (Å²) in [6.45, 7) is 0. The zero-order chi connectivity index (χ0) is 13.9. The Kier molecular flexibility index (Phi) is 4.32. The van der Waals surface area contributed by atoms with Gasteiger partial charge in [-0.15, -0.1) is 0 Å². The Morgan fingerprint density at radius 3 is 1.53 bits per heavy atom. The molecule has 0 aromatic heterocycles. The minimum absolute atomic E-state index is 0.653. The van der Waals surface area contributed by atoms with Crippen molar-refractivity contribution < 1.29 is 13.9 Å². The molecular formula is C15H13BrF2O. The van der Waals surface area contributed by atoms with E-state index in [9.17, 15) is 13.9 Å². The van der Waals surface area contributed by atoms with Crippen LogP contribution >= 0.6 is 15.9 Å². The molecule has 1 N–H and O–H groups in total. The average molecular weight is 327 g/mol. The number of hydrogen-bond donors (Lipinski definition) is 1. The summed E-state index contributed by atoms with van der Waals surface area (Å²) >= 11 is 2.26. The van der Waals surface area contributed by atoms with Gasteiger partial charge in [-0.1, -0.05) is 60.7 Å². The van der Waals surface area contributed by atoms with Crippen LogP contribution in [0.3, 0.4) is 0 Å². The number of benzene rings is 2. The molecule has 0 heterocycles. The molecule has 2 aromatic carbocycles. The van der Waals surface area contributed by atoms with Crippen LogP contribution in [-0.2, 0) is 0 Å². The first-order valence-corrected chi connectivity index (χ1v) is 6.64. The zero-order valence-electron chi connectivity index (χ0n) is 10.0. The Balaban J connectivity index is 2.46. The van der Waals surface area contributed by atoms with Crippen molar-refractivity contribution in [1.29, 1.82) is 0 Å². The van der Waals surface area contributed by atoms with Gasteiger partial charge in [0.2, 0.25) is 0 Å². The number of aliphatic hydroxyl groups is 1. The van der Waals surface area contributed by atoms with Gasteiger partial charge in [0.25, 0.3) is 0 Å². The van der Waals surface area contributed by atoms with Gasteiger partial charge >= 0.3 is 4.83 Å². The molecule has 4 heteroatoms. The maximum Gasteiger partial charge on any atom is 0.327 e. The summed E-state index contributed by atoms with van der Waals surface area (Å²) in [5.41, 5.74) is 1.31. The summed E-state index contributed by atoms with van der Waals surface area (Å²) in [5, 5.41) is 9.96. The fraction of sp³-hybridized carbons (Fsp3) is 0.200. The van der Waals surface area contributed by atoms with Crippen LogP contribution in [0.1, 0.15) is 17.0 Å². The van der Waals surface area contributed by atoms with Gasteiger partial charge in [-0.25, -0.2) is 0 Å². The lowest BCUT2D eigenvalue weighted by Crippen LogP contribution is -2.34. The lowest BCUT2D eigenvalue weighted by molar-refractivity contribution is -0.0358. The lowest BCUT2D eigenvalue weighted by atomic mass is 9.87. The molecule has 2 rings (SSSR count). The van der Waals surface area contributed by atoms with Crippen LogP contribution in [0.5, 0.6) is 0 Å². The Morgan fingerprint density at radius 1 is 0.842 bits per heavy atom. The molecule has 2 aromatic rings. The molecule has 100 valence electrons. The van der Waals surface area contributed by atoms with Crippen molar-refractivity contribution in [3.05, 3.63) is 71.8 Å². The van der Waals surface area contributed by atoms with Crippen LogP contribution in [0.4, 0.5) is 8.78 Å². The van der Waals surface area contributed by atoms with E-state index in [0.29, 0.717) is 11.1 Å². The molecule has 0 aliphatic rings. The predicted octanol–water partition coefficient (Wildman–Crippen LogP) is 4.17. The molecule has 0 spiro atoms. The summed E-state index contributed by atoms with van der Waals surface area (Å²) in [5.74, 6) is -0.781. The van der Waals surface area contributed by atoms with Gasteiger partial charge in [-0.05, 0) is 27.1 Å². The Hall–Kier alpha value is -1.26. The number of alkyl halides is 3. The van der Waals surface area contributed by atoms with Crippen molar-refractivity contribution in [1.82, 2.24) is 0 Å². The summed E-state index contributed by atoms with van der Waals surface area (Å²) in [7, 11) is 0. The van der Waals surface area contributed by atoms with Crippen molar-refractivity contribution in [2.75, 3.05) is 0 Å². The molecule has 0 saturated carbocycles. The van der Waals surface area contributed by atoms with Crippen LogP contribution in [0.2, 0.25) is 0 Å². The Labute approximate surface area is 119 Å². The second-order valence-electron chi connectivity index (χ2n) is 4.29. The molecule has 0 aliphatic carbocycles. The fourth-order valence-electron chi connectivity index (χ4n) is 2.07. The lowest BCUT2D eigenvalue weighted by Gasteiger charge is -2.27. The number of aliphatic hydroxyl groups excluding tert-OH is 1. The third-order valence-electron chi connectivity index (χ3n) is 2.97. The van der Waals surface area contributed by atoms with Crippen molar-refractivity contribution in [2.24, 2.45) is 0 Å². The Bertz CT molecular complexity index is 471. The van der Waals surface area contributed by atoms with Crippen LogP contribution in [0.25, 0.3) is 0 Å². The Morgan fingerprint density at radius 2 is 1.21 bits per heavy atom. The van der Waals surface area contributed by atoms with E-state index in [1.807, 2.05) is 12.1 Å². The zero-order valence-corrected chi connectivity index (χ0v) is 11.6. The van der Waals surface area contributed by atoms with E-state index in [2.05, 4.69) is 15.9 Å². The van der Waals surface area contributed by atoms with Crippen molar-refractivity contribution in [3.8, 4) is 0 Å². The number of rotatable bonds is 4. The minimum atomic E-state index is -3.34. The fourth-order valence-corrected chi connectivity index (χ4v) is 2.33. The standard InChI is InChI=1S/C15H13BrF2O/c16-15(17,18)14(19)13(11-7-3-1-4-8-11)12-9-5-2-6-10-12/h1-10,13-14,19H. The highest BCUT2D eigenvalue weighted by molar-refractivity contribution is 9.10. The quantitative estimate of drug-likeness (QED) is 0.836. The van der Waals surface area contributed by atoms with Crippen LogP contribution < -0.4 is 0 Å². The normalized spacial score (nSPS) is 13.5. The monoisotopic (exact) mass is 326 g/mol. The van der Waals surface area contributed by atoms with Crippen LogP contribution in [0, 0.1) is 0 Å². The molecule has 0 fully saturated rings. The second-order valence-corrected chi connectivity index (χ2v) is 5.34. The summed E-state index contributed by atoms with van der Waals surface area (Å²) < 4.78 is 26.8. The van der Waals surface area contributed by atoms with Gasteiger partial charge in [-0.2, -0.15) is 8.78 Å². The molecule has 0 amide bonds. The first-order chi connectivity index (χ1) is 9.00. The van der Waals surface area contributed by atoms with Gasteiger partial charge < -0.3 is 5.11 Å². The van der Waals surface area contributed by atoms with E-state index < -0.39 is 16.9 Å². The average Bonchev–Trinajstić information content (AvgIpc) is 2.40. The van der Waals surface area contributed by atoms with Crippen LogP contribution in [0.15, 0.2) is 60.7 Å². The summed E-state index contributed by atoms with van der Waals surface area (Å²) in [6, 6.07) is 17.6. The molecule has 0 radical (unpaired) electrons. The van der Waals surface area contributed by atoms with Gasteiger partial charge in [0.05, 0.1) is 0 Å².